The molecule has 2 aliphatic carbocycles. The van der Waals surface area contributed by atoms with Crippen molar-refractivity contribution in [1.29, 1.82) is 0 Å². The monoisotopic (exact) mass is 467 g/mol. The number of nitrogens with two attached hydrogens (primary N) is 1. The predicted molar refractivity (Wildman–Crippen MR) is 132 cm³/mol. The minimum absolute atomic E-state index is 0.396. The van der Waals surface area contributed by atoms with E-state index in [0.29, 0.717) is 4.90 Å². The molecule has 2 aromatic carbocycles. The lowest BCUT2D eigenvalue weighted by Gasteiger charge is -2.32. The summed E-state index contributed by atoms with van der Waals surface area (Å²) in [5.41, 5.74) is 7.02. The molecule has 1 atom stereocenters. The molecule has 0 spiro atoms. The van der Waals surface area contributed by atoms with Crippen LogP contribution < -0.4 is 10.5 Å². The van der Waals surface area contributed by atoms with Gasteiger partial charge in [-0.3, -0.25) is 4.90 Å². The van der Waals surface area contributed by atoms with E-state index in [1.165, 1.54) is 22.3 Å². The van der Waals surface area contributed by atoms with Crippen molar-refractivity contribution in [3.63, 3.8) is 0 Å². The molecule has 8 heteroatoms. The molecule has 7 nitrogen and oxygen atoms in total. The number of nitrogens with zero attached hydrogens (tertiary/aromatic N) is 3. The number of hydrogen-bond acceptors (Lipinski definition) is 4. The molecule has 33 heavy (non-hydrogen) atoms. The molecule has 3 N–H and O–H groups in total. The van der Waals surface area contributed by atoms with E-state index in [1.807, 2.05) is 18.2 Å². The number of fused-ring (bicyclic) bond motifs is 2. The molecule has 5 rings (SSSR count). The van der Waals surface area contributed by atoms with Crippen LogP contribution in [0.5, 0.6) is 0 Å². The third kappa shape index (κ3) is 4.84. The first-order chi connectivity index (χ1) is 15.9. The van der Waals surface area contributed by atoms with Gasteiger partial charge in [0.05, 0.1) is 4.90 Å². The van der Waals surface area contributed by atoms with E-state index in [2.05, 4.69) is 32.6 Å². The van der Waals surface area contributed by atoms with Gasteiger partial charge < -0.3 is 10.2 Å². The average Bonchev–Trinajstić information content (AvgIpc) is 3.44. The van der Waals surface area contributed by atoms with Crippen LogP contribution in [-0.2, 0) is 42.1 Å². The number of hydrogen-bond donors (Lipinski definition) is 2. The van der Waals surface area contributed by atoms with Crippen molar-refractivity contribution >= 4 is 21.6 Å². The number of anilines is 1. The normalized spacial score (nSPS) is 20.2. The summed E-state index contributed by atoms with van der Waals surface area (Å²) in [6.07, 6.45) is 6.24. The summed E-state index contributed by atoms with van der Waals surface area (Å²) in [6, 6.07) is 9.07. The molecular formula is C25H33N5O2S. The Morgan fingerprint density at radius 1 is 1.03 bits per heavy atom. The highest BCUT2D eigenvalue weighted by Crippen LogP contribution is 2.38. The molecule has 1 fully saturated rings. The Bertz CT molecular complexity index is 1160. The fourth-order valence-electron chi connectivity index (χ4n) is 5.36. The van der Waals surface area contributed by atoms with Crippen molar-refractivity contribution in [2.45, 2.75) is 50.0 Å². The van der Waals surface area contributed by atoms with Crippen LogP contribution in [0.1, 0.15) is 40.7 Å². The largest absolute Gasteiger partial charge is 0.354 e. The first-order valence-electron chi connectivity index (χ1n) is 11.9. The van der Waals surface area contributed by atoms with Gasteiger partial charge in [0.2, 0.25) is 0 Å². The lowest BCUT2D eigenvalue weighted by Crippen LogP contribution is -2.43. The molecule has 1 unspecified atom stereocenters. The Balaban J connectivity index is 1.36. The van der Waals surface area contributed by atoms with Crippen molar-refractivity contribution in [2.24, 2.45) is 9.50 Å². The van der Waals surface area contributed by atoms with Crippen LogP contribution in [0.4, 0.5) is 10.5 Å². The Morgan fingerprint density at radius 3 is 2.36 bits per heavy atom. The lowest BCUT2D eigenvalue weighted by atomic mass is 9.99. The molecule has 2 aromatic rings. The highest BCUT2D eigenvalue weighted by atomic mass is 32.2. The summed E-state index contributed by atoms with van der Waals surface area (Å²) in [5.74, 6) is 0. The molecule has 0 saturated carbocycles. The van der Waals surface area contributed by atoms with Crippen LogP contribution >= 0.6 is 0 Å². The Hall–Kier alpha value is -2.26. The summed E-state index contributed by atoms with van der Waals surface area (Å²) in [6.45, 7) is 4.84. The summed E-state index contributed by atoms with van der Waals surface area (Å²) in [4.78, 5) is 18.0. The number of carbonyl (C=O) groups excluding carboxylic acids is 1. The van der Waals surface area contributed by atoms with E-state index in [9.17, 15) is 9.00 Å². The van der Waals surface area contributed by atoms with Crippen LogP contribution in [0.3, 0.4) is 0 Å². The minimum atomic E-state index is -3.34. The Labute approximate surface area is 196 Å². The van der Waals surface area contributed by atoms with Crippen LogP contribution in [0.25, 0.3) is 0 Å². The van der Waals surface area contributed by atoms with Crippen molar-refractivity contribution in [3.8, 4) is 0 Å². The van der Waals surface area contributed by atoms with Crippen molar-refractivity contribution in [3.05, 3.63) is 58.1 Å². The first kappa shape index (κ1) is 22.5. The highest BCUT2D eigenvalue weighted by Gasteiger charge is 2.25. The number of urea groups is 1. The van der Waals surface area contributed by atoms with Gasteiger partial charge in [0, 0.05) is 38.4 Å². The molecule has 176 valence electrons. The molecule has 2 amide bonds. The predicted octanol–water partition coefficient (Wildman–Crippen LogP) is 3.34. The van der Waals surface area contributed by atoms with Crippen LogP contribution in [0.2, 0.25) is 0 Å². The van der Waals surface area contributed by atoms with Gasteiger partial charge in [-0.1, -0.05) is 18.2 Å². The van der Waals surface area contributed by atoms with Gasteiger partial charge in [-0.2, -0.15) is 0 Å². The van der Waals surface area contributed by atoms with Gasteiger partial charge in [0.15, 0.2) is 0 Å². The van der Waals surface area contributed by atoms with E-state index in [0.717, 1.165) is 82.5 Å². The average molecular weight is 468 g/mol. The maximum atomic E-state index is 13.3. The number of aryl methyl sites for hydroxylation is 2. The van der Waals surface area contributed by atoms with E-state index < -0.39 is 15.9 Å². The quantitative estimate of drug-likeness (QED) is 0.722. The number of amides is 2. The van der Waals surface area contributed by atoms with E-state index >= 15 is 0 Å². The topological polar surface area (TPSA) is 91.0 Å². The standard InChI is InChI=1S/C25H33N5O2S/c1-29-11-13-30(14-12-29)17-18-5-2-8-21(15-18)33(26,32)28-25(31)27-24-22-9-3-6-19(22)16-20-7-4-10-23(20)24/h2,5,8,15-16H,3-4,6-7,9-14,17H2,1H3,(H3,26,27,28,31,32). The molecule has 0 bridgehead atoms. The lowest BCUT2D eigenvalue weighted by molar-refractivity contribution is 0.148. The molecule has 1 aliphatic heterocycles. The second-order valence-corrected chi connectivity index (χ2v) is 11.3. The van der Waals surface area contributed by atoms with E-state index in [-0.39, 0.29) is 0 Å². The second-order valence-electron chi connectivity index (χ2n) is 9.55. The number of benzene rings is 2. The summed E-state index contributed by atoms with van der Waals surface area (Å²) in [7, 11) is -1.21. The number of carbonyl (C=O) groups is 1. The summed E-state index contributed by atoms with van der Waals surface area (Å²) in [5, 5.41) is 9.09. The first-order valence-corrected chi connectivity index (χ1v) is 13.5. The molecule has 3 aliphatic rings. The van der Waals surface area contributed by atoms with Crippen LogP contribution in [-0.4, -0.2) is 53.3 Å². The number of rotatable bonds is 4. The van der Waals surface area contributed by atoms with Gasteiger partial charge in [0.25, 0.3) is 0 Å². The van der Waals surface area contributed by atoms with E-state index in [4.69, 9.17) is 5.14 Å². The number of likely N-dealkylation sites (N-methyl/N-ethyl adjacent to an activating group) is 1. The summed E-state index contributed by atoms with van der Waals surface area (Å²) < 4.78 is 17.2. The van der Waals surface area contributed by atoms with Crippen molar-refractivity contribution < 1.29 is 9.00 Å². The third-order valence-corrected chi connectivity index (χ3v) is 8.53. The highest BCUT2D eigenvalue weighted by molar-refractivity contribution is 7.91. The number of nitrogens with one attached hydrogen (secondary N) is 1. The summed E-state index contributed by atoms with van der Waals surface area (Å²) >= 11 is 0. The van der Waals surface area contributed by atoms with Gasteiger partial charge in [-0.15, -0.1) is 4.36 Å². The van der Waals surface area contributed by atoms with Gasteiger partial charge in [-0.05, 0) is 85.5 Å². The SMILES string of the molecule is CN1CCN(Cc2cccc(S(N)(=O)=NC(=O)Nc3c4c(cc5c3CCC5)CCC4)c2)CC1. The van der Waals surface area contributed by atoms with Gasteiger partial charge in [0.1, 0.15) is 9.92 Å². The van der Waals surface area contributed by atoms with Crippen LogP contribution in [0.15, 0.2) is 39.6 Å². The fourth-order valence-corrected chi connectivity index (χ4v) is 6.35. The molecule has 1 saturated heterocycles. The second kappa shape index (κ2) is 9.18. The molecule has 0 radical (unpaired) electrons. The smallest absolute Gasteiger partial charge is 0.305 e. The Morgan fingerprint density at radius 2 is 1.70 bits per heavy atom. The zero-order chi connectivity index (χ0) is 23.0. The molecular weight excluding hydrogens is 434 g/mol. The minimum Gasteiger partial charge on any atom is -0.305 e. The Kier molecular flexibility index (Phi) is 6.26. The zero-order valence-corrected chi connectivity index (χ0v) is 20.1. The number of piperazine rings is 1. The van der Waals surface area contributed by atoms with E-state index in [1.54, 1.807) is 6.07 Å². The third-order valence-electron chi connectivity index (χ3n) is 7.16. The van der Waals surface area contributed by atoms with Crippen LogP contribution in [0, 0.1) is 0 Å². The van der Waals surface area contributed by atoms with Crippen molar-refractivity contribution in [2.75, 3.05) is 38.5 Å². The van der Waals surface area contributed by atoms with Crippen molar-refractivity contribution in [1.82, 2.24) is 9.80 Å². The molecule has 1 heterocycles. The van der Waals surface area contributed by atoms with Gasteiger partial charge >= 0.3 is 6.03 Å². The molecule has 0 aromatic heterocycles. The zero-order valence-electron chi connectivity index (χ0n) is 19.3. The maximum Gasteiger partial charge on any atom is 0.354 e. The van der Waals surface area contributed by atoms with Gasteiger partial charge in [-0.25, -0.2) is 14.1 Å². The maximum absolute atomic E-state index is 13.3. The fraction of sp³-hybridized carbons (Fsp3) is 0.480.